The van der Waals surface area contributed by atoms with Crippen molar-refractivity contribution in [1.82, 2.24) is 25.2 Å². The first-order valence-corrected chi connectivity index (χ1v) is 12.7. The number of thioether (sulfide) groups is 1. The summed E-state index contributed by atoms with van der Waals surface area (Å²) < 4.78 is 13.2. The van der Waals surface area contributed by atoms with Crippen molar-refractivity contribution < 1.29 is 14.1 Å². The van der Waals surface area contributed by atoms with Crippen LogP contribution >= 0.6 is 11.8 Å². The van der Waals surface area contributed by atoms with Crippen molar-refractivity contribution in [3.05, 3.63) is 83.4 Å². The molecule has 5 rings (SSSR count). The second kappa shape index (κ2) is 10.9. The summed E-state index contributed by atoms with van der Waals surface area (Å²) in [6.45, 7) is 3.42. The zero-order chi connectivity index (χ0) is 24.0. The highest BCUT2D eigenvalue weighted by molar-refractivity contribution is 7.99. The number of ether oxygens (including phenoxy) is 1. The fraction of sp³-hybridized carbons (Fsp3) is 0.308. The highest BCUT2D eigenvalue weighted by atomic mass is 32.2. The van der Waals surface area contributed by atoms with Gasteiger partial charge in [0.15, 0.2) is 11.0 Å². The van der Waals surface area contributed by atoms with Crippen molar-refractivity contribution in [2.75, 3.05) is 12.4 Å². The number of benzene rings is 2. The molecule has 1 aliphatic rings. The standard InChI is InChI=1S/C26H27N5O3S/c1-18-23(24(30-34-18)20-11-6-3-7-12-20)25(32)27-15-22-28-29-26(35-17-21-13-8-14-33-21)31(22)16-19-9-4-2-5-10-19/h2-7,9-12,21H,8,13-17H2,1H3,(H,27,32). The molecule has 1 aliphatic heterocycles. The molecule has 1 saturated heterocycles. The molecule has 0 spiro atoms. The number of carbonyl (C=O) groups is 1. The predicted octanol–water partition coefficient (Wildman–Crippen LogP) is 4.49. The van der Waals surface area contributed by atoms with Gasteiger partial charge >= 0.3 is 0 Å². The lowest BCUT2D eigenvalue weighted by atomic mass is 10.1. The molecule has 0 bridgehead atoms. The minimum atomic E-state index is -0.259. The number of nitrogens with zero attached hydrogens (tertiary/aromatic N) is 4. The average Bonchev–Trinajstić information content (AvgIpc) is 3.63. The van der Waals surface area contributed by atoms with Crippen LogP contribution in [0.25, 0.3) is 11.3 Å². The fourth-order valence-corrected chi connectivity index (χ4v) is 5.13. The van der Waals surface area contributed by atoms with Crippen molar-refractivity contribution in [2.24, 2.45) is 0 Å². The number of hydrogen-bond acceptors (Lipinski definition) is 7. The fourth-order valence-electron chi connectivity index (χ4n) is 4.10. The first-order valence-electron chi connectivity index (χ1n) is 11.7. The molecule has 2 aromatic carbocycles. The van der Waals surface area contributed by atoms with Crippen LogP contribution in [0.4, 0.5) is 0 Å². The second-order valence-electron chi connectivity index (χ2n) is 8.43. The lowest BCUT2D eigenvalue weighted by Crippen LogP contribution is -2.26. The van der Waals surface area contributed by atoms with Gasteiger partial charge in [-0.15, -0.1) is 10.2 Å². The van der Waals surface area contributed by atoms with Crippen molar-refractivity contribution in [1.29, 1.82) is 0 Å². The van der Waals surface area contributed by atoms with Gasteiger partial charge in [0.1, 0.15) is 17.0 Å². The normalized spacial score (nSPS) is 15.4. The Morgan fingerprint density at radius 1 is 1.11 bits per heavy atom. The Morgan fingerprint density at radius 3 is 2.63 bits per heavy atom. The van der Waals surface area contributed by atoms with Gasteiger partial charge in [-0.3, -0.25) is 4.79 Å². The molecule has 1 atom stereocenters. The summed E-state index contributed by atoms with van der Waals surface area (Å²) in [4.78, 5) is 13.2. The molecule has 4 aromatic rings. The lowest BCUT2D eigenvalue weighted by Gasteiger charge is -2.13. The number of carbonyl (C=O) groups excluding carboxylic acids is 1. The molecule has 35 heavy (non-hydrogen) atoms. The Bertz CT molecular complexity index is 1270. The third-order valence-electron chi connectivity index (χ3n) is 5.94. The van der Waals surface area contributed by atoms with Crippen LogP contribution in [0, 0.1) is 6.92 Å². The first-order chi connectivity index (χ1) is 17.2. The van der Waals surface area contributed by atoms with E-state index in [4.69, 9.17) is 9.26 Å². The van der Waals surface area contributed by atoms with Gasteiger partial charge in [-0.1, -0.05) is 77.6 Å². The van der Waals surface area contributed by atoms with Gasteiger partial charge in [-0.05, 0) is 25.3 Å². The Morgan fingerprint density at radius 2 is 1.89 bits per heavy atom. The molecule has 9 heteroatoms. The lowest BCUT2D eigenvalue weighted by molar-refractivity contribution is 0.0948. The molecule has 8 nitrogen and oxygen atoms in total. The number of aromatic nitrogens is 4. The van der Waals surface area contributed by atoms with Gasteiger partial charge in [0.25, 0.3) is 5.91 Å². The van der Waals surface area contributed by atoms with Gasteiger partial charge < -0.3 is 19.1 Å². The third-order valence-corrected chi connectivity index (χ3v) is 7.04. The van der Waals surface area contributed by atoms with Crippen LogP contribution in [0.2, 0.25) is 0 Å². The summed E-state index contributed by atoms with van der Waals surface area (Å²) in [5.41, 5.74) is 2.92. The summed E-state index contributed by atoms with van der Waals surface area (Å²) in [5, 5.41) is 16.8. The highest BCUT2D eigenvalue weighted by Gasteiger charge is 2.23. The molecular weight excluding hydrogens is 462 g/mol. The van der Waals surface area contributed by atoms with Gasteiger partial charge in [-0.25, -0.2) is 0 Å². The molecule has 2 aromatic heterocycles. The van der Waals surface area contributed by atoms with Gasteiger partial charge in [0.05, 0.1) is 19.2 Å². The van der Waals surface area contributed by atoms with Crippen molar-refractivity contribution >= 4 is 17.7 Å². The highest BCUT2D eigenvalue weighted by Crippen LogP contribution is 2.26. The van der Waals surface area contributed by atoms with E-state index in [0.717, 1.165) is 41.5 Å². The number of hydrogen-bond donors (Lipinski definition) is 1. The van der Waals surface area contributed by atoms with E-state index >= 15 is 0 Å². The third kappa shape index (κ3) is 5.47. The minimum Gasteiger partial charge on any atom is -0.377 e. The number of amides is 1. The smallest absolute Gasteiger partial charge is 0.257 e. The van der Waals surface area contributed by atoms with Gasteiger partial charge in [0.2, 0.25) is 0 Å². The Hall–Kier alpha value is -3.43. The first kappa shape index (κ1) is 23.3. The van der Waals surface area contributed by atoms with E-state index in [0.29, 0.717) is 29.4 Å². The molecule has 0 radical (unpaired) electrons. The Kier molecular flexibility index (Phi) is 7.25. The van der Waals surface area contributed by atoms with Crippen LogP contribution in [-0.4, -0.2) is 44.3 Å². The Balaban J connectivity index is 1.34. The summed E-state index contributed by atoms with van der Waals surface area (Å²) in [5.74, 6) is 1.73. The molecule has 180 valence electrons. The molecule has 0 saturated carbocycles. The van der Waals surface area contributed by atoms with Gasteiger partial charge in [-0.2, -0.15) is 0 Å². The van der Waals surface area contributed by atoms with E-state index in [1.54, 1.807) is 18.7 Å². The zero-order valence-electron chi connectivity index (χ0n) is 19.5. The summed E-state index contributed by atoms with van der Waals surface area (Å²) >= 11 is 1.65. The maximum absolute atomic E-state index is 13.2. The largest absolute Gasteiger partial charge is 0.377 e. The molecule has 0 aliphatic carbocycles. The van der Waals surface area contributed by atoms with Crippen molar-refractivity contribution in [3.8, 4) is 11.3 Å². The minimum absolute atomic E-state index is 0.234. The van der Waals surface area contributed by atoms with Crippen molar-refractivity contribution in [3.63, 3.8) is 0 Å². The summed E-state index contributed by atoms with van der Waals surface area (Å²) in [6.07, 6.45) is 2.43. The zero-order valence-corrected chi connectivity index (χ0v) is 20.3. The van der Waals surface area contributed by atoms with Crippen LogP contribution in [0.5, 0.6) is 0 Å². The number of aryl methyl sites for hydroxylation is 1. The topological polar surface area (TPSA) is 95.1 Å². The molecule has 1 fully saturated rings. The van der Waals surface area contributed by atoms with Crippen molar-refractivity contribution in [2.45, 2.75) is 44.1 Å². The molecule has 1 amide bonds. The molecule has 1 unspecified atom stereocenters. The maximum atomic E-state index is 13.2. The average molecular weight is 490 g/mol. The number of nitrogens with one attached hydrogen (secondary N) is 1. The quantitative estimate of drug-likeness (QED) is 0.346. The second-order valence-corrected chi connectivity index (χ2v) is 9.41. The maximum Gasteiger partial charge on any atom is 0.257 e. The van der Waals surface area contributed by atoms with Crippen LogP contribution in [0.15, 0.2) is 70.3 Å². The van der Waals surface area contributed by atoms with E-state index in [9.17, 15) is 4.79 Å². The summed E-state index contributed by atoms with van der Waals surface area (Å²) in [6, 6.07) is 19.7. The van der Waals surface area contributed by atoms with E-state index in [1.165, 1.54) is 0 Å². The van der Waals surface area contributed by atoms with E-state index in [2.05, 4.69) is 37.4 Å². The van der Waals surface area contributed by atoms with Crippen LogP contribution < -0.4 is 5.32 Å². The SMILES string of the molecule is Cc1onc(-c2ccccc2)c1C(=O)NCc1nnc(SCC2CCCO2)n1Cc1ccccc1. The summed E-state index contributed by atoms with van der Waals surface area (Å²) in [7, 11) is 0. The van der Waals surface area contributed by atoms with E-state index in [-0.39, 0.29) is 18.6 Å². The monoisotopic (exact) mass is 489 g/mol. The molecule has 1 N–H and O–H groups in total. The van der Waals surface area contributed by atoms with Gasteiger partial charge in [0, 0.05) is 17.9 Å². The van der Waals surface area contributed by atoms with E-state index < -0.39 is 0 Å². The molecular formula is C26H27N5O3S. The van der Waals surface area contributed by atoms with Crippen LogP contribution in [-0.2, 0) is 17.8 Å². The predicted molar refractivity (Wildman–Crippen MR) is 133 cm³/mol. The van der Waals surface area contributed by atoms with Crippen LogP contribution in [0.1, 0.15) is 40.3 Å². The number of rotatable bonds is 9. The molecule has 3 heterocycles. The van der Waals surface area contributed by atoms with Crippen LogP contribution in [0.3, 0.4) is 0 Å². The van der Waals surface area contributed by atoms with E-state index in [1.807, 2.05) is 48.5 Å². The Labute approximate surface area is 208 Å².